The quantitative estimate of drug-likeness (QED) is 0.769. The summed E-state index contributed by atoms with van der Waals surface area (Å²) in [5.74, 6) is -1.74. The Morgan fingerprint density at radius 3 is 2.43 bits per heavy atom. The predicted octanol–water partition coefficient (Wildman–Crippen LogP) is 3.95. The molecule has 0 saturated carbocycles. The Morgan fingerprint density at radius 2 is 1.87 bits per heavy atom. The van der Waals surface area contributed by atoms with Crippen molar-refractivity contribution in [1.82, 2.24) is 4.57 Å². The lowest BCUT2D eigenvalue weighted by Gasteiger charge is -2.07. The molecule has 0 atom stereocenters. The molecule has 0 bridgehead atoms. The average Bonchev–Trinajstić information content (AvgIpc) is 2.79. The van der Waals surface area contributed by atoms with Crippen LogP contribution in [0.2, 0.25) is 0 Å². The number of nitrogens with zero attached hydrogens (tertiary/aromatic N) is 1. The van der Waals surface area contributed by atoms with Crippen molar-refractivity contribution in [2.24, 2.45) is 7.05 Å². The molecule has 5 heteroatoms. The Labute approximate surface area is 132 Å². The molecule has 0 unspecified atom stereocenters. The van der Waals surface area contributed by atoms with Gasteiger partial charge in [0.15, 0.2) is 0 Å². The van der Waals surface area contributed by atoms with Gasteiger partial charge in [0.25, 0.3) is 0 Å². The van der Waals surface area contributed by atoms with Gasteiger partial charge in [-0.2, -0.15) is 0 Å². The number of aryl methyl sites for hydroxylation is 2. The van der Waals surface area contributed by atoms with Crippen LogP contribution in [0.5, 0.6) is 5.75 Å². The Kier molecular flexibility index (Phi) is 3.56. The van der Waals surface area contributed by atoms with Crippen molar-refractivity contribution in [3.05, 3.63) is 53.3 Å². The Hall–Kier alpha value is -2.82. The van der Waals surface area contributed by atoms with Crippen LogP contribution in [0.25, 0.3) is 22.2 Å². The highest BCUT2D eigenvalue weighted by molar-refractivity contribution is 6.00. The molecule has 0 fully saturated rings. The first kappa shape index (κ1) is 15.1. The molecule has 118 valence electrons. The highest BCUT2D eigenvalue weighted by Gasteiger charge is 2.19. The maximum atomic E-state index is 13.2. The van der Waals surface area contributed by atoms with Gasteiger partial charge >= 0.3 is 5.97 Å². The maximum Gasteiger partial charge on any atom is 0.339 e. The van der Waals surface area contributed by atoms with Crippen LogP contribution >= 0.6 is 0 Å². The molecular formula is C18H16FNO3. The van der Waals surface area contributed by atoms with Crippen molar-refractivity contribution in [2.45, 2.75) is 13.3 Å². The molecule has 1 heterocycles. The second-order valence-corrected chi connectivity index (χ2v) is 5.44. The summed E-state index contributed by atoms with van der Waals surface area (Å²) in [5.41, 5.74) is 3.33. The van der Waals surface area contributed by atoms with Gasteiger partial charge in [-0.15, -0.1) is 0 Å². The van der Waals surface area contributed by atoms with Crippen LogP contribution in [0.4, 0.5) is 4.39 Å². The monoisotopic (exact) mass is 313 g/mol. The summed E-state index contributed by atoms with van der Waals surface area (Å²) in [4.78, 5) is 11.3. The minimum Gasteiger partial charge on any atom is -0.507 e. The molecule has 2 aromatic carbocycles. The third-order valence-electron chi connectivity index (χ3n) is 4.12. The molecule has 1 aromatic heterocycles. The number of carboxylic acids is 1. The Morgan fingerprint density at radius 1 is 1.22 bits per heavy atom. The molecule has 4 nitrogen and oxygen atoms in total. The van der Waals surface area contributed by atoms with Gasteiger partial charge in [0.2, 0.25) is 0 Å². The smallest absolute Gasteiger partial charge is 0.339 e. The molecule has 0 aliphatic carbocycles. The molecule has 0 radical (unpaired) electrons. The SMILES string of the molecule is CCc1c(-c2ccc(F)cc2)n(C)c2cc(O)c(C(=O)O)cc12. The van der Waals surface area contributed by atoms with E-state index < -0.39 is 5.97 Å². The fourth-order valence-electron chi connectivity index (χ4n) is 3.05. The first-order valence-corrected chi connectivity index (χ1v) is 7.27. The van der Waals surface area contributed by atoms with Crippen LogP contribution in [0.15, 0.2) is 36.4 Å². The first-order valence-electron chi connectivity index (χ1n) is 7.27. The van der Waals surface area contributed by atoms with E-state index in [9.17, 15) is 19.4 Å². The van der Waals surface area contributed by atoms with E-state index in [0.29, 0.717) is 6.42 Å². The lowest BCUT2D eigenvalue weighted by Crippen LogP contribution is -1.97. The molecule has 0 aliphatic rings. The highest BCUT2D eigenvalue weighted by Crippen LogP contribution is 2.36. The summed E-state index contributed by atoms with van der Waals surface area (Å²) in [7, 11) is 1.85. The molecule has 0 saturated heterocycles. The topological polar surface area (TPSA) is 62.5 Å². The van der Waals surface area contributed by atoms with Gasteiger partial charge in [-0.1, -0.05) is 6.92 Å². The van der Waals surface area contributed by atoms with E-state index in [1.54, 1.807) is 12.1 Å². The second-order valence-electron chi connectivity index (χ2n) is 5.44. The summed E-state index contributed by atoms with van der Waals surface area (Å²) in [6, 6.07) is 9.14. The Bertz CT molecular complexity index is 910. The van der Waals surface area contributed by atoms with Crippen molar-refractivity contribution >= 4 is 16.9 Å². The molecule has 0 aliphatic heterocycles. The number of halogens is 1. The zero-order valence-corrected chi connectivity index (χ0v) is 12.8. The van der Waals surface area contributed by atoms with Crippen molar-refractivity contribution < 1.29 is 19.4 Å². The van der Waals surface area contributed by atoms with Gasteiger partial charge < -0.3 is 14.8 Å². The first-order chi connectivity index (χ1) is 10.9. The van der Waals surface area contributed by atoms with E-state index >= 15 is 0 Å². The molecule has 3 aromatic rings. The lowest BCUT2D eigenvalue weighted by molar-refractivity contribution is 0.0694. The number of aromatic carboxylic acids is 1. The van der Waals surface area contributed by atoms with Crippen LogP contribution in [0.1, 0.15) is 22.8 Å². The molecule has 2 N–H and O–H groups in total. The summed E-state index contributed by atoms with van der Waals surface area (Å²) in [6.45, 7) is 1.98. The van der Waals surface area contributed by atoms with Crippen molar-refractivity contribution in [3.63, 3.8) is 0 Å². The number of aromatic nitrogens is 1. The van der Waals surface area contributed by atoms with Gasteiger partial charge in [0.05, 0.1) is 11.2 Å². The van der Waals surface area contributed by atoms with E-state index in [4.69, 9.17) is 0 Å². The van der Waals surface area contributed by atoms with Crippen LogP contribution in [0.3, 0.4) is 0 Å². The van der Waals surface area contributed by atoms with E-state index in [1.807, 2.05) is 18.5 Å². The number of rotatable bonds is 3. The zero-order chi connectivity index (χ0) is 16.7. The molecule has 0 spiro atoms. The molecule has 0 amide bonds. The summed E-state index contributed by atoms with van der Waals surface area (Å²) < 4.78 is 15.1. The third-order valence-corrected chi connectivity index (χ3v) is 4.12. The number of fused-ring (bicyclic) bond motifs is 1. The van der Waals surface area contributed by atoms with Crippen molar-refractivity contribution in [1.29, 1.82) is 0 Å². The molecular weight excluding hydrogens is 297 g/mol. The largest absolute Gasteiger partial charge is 0.507 e. The van der Waals surface area contributed by atoms with Crippen LogP contribution < -0.4 is 0 Å². The standard InChI is InChI=1S/C18H16FNO3/c1-3-12-13-8-14(18(22)23)16(21)9-15(13)20(2)17(12)10-4-6-11(19)7-5-10/h4-9,21H,3H2,1-2H3,(H,22,23). The highest BCUT2D eigenvalue weighted by atomic mass is 19.1. The van der Waals surface area contributed by atoms with Gasteiger partial charge in [-0.05, 0) is 47.9 Å². The summed E-state index contributed by atoms with van der Waals surface area (Å²) in [5, 5.41) is 19.9. The van der Waals surface area contributed by atoms with Crippen LogP contribution in [0, 0.1) is 5.82 Å². The predicted molar refractivity (Wildman–Crippen MR) is 86.3 cm³/mol. The van der Waals surface area contributed by atoms with Crippen molar-refractivity contribution in [3.8, 4) is 17.0 Å². The van der Waals surface area contributed by atoms with Crippen LogP contribution in [-0.2, 0) is 13.5 Å². The number of hydrogen-bond acceptors (Lipinski definition) is 2. The number of phenols is 1. The lowest BCUT2D eigenvalue weighted by atomic mass is 10.0. The van der Waals surface area contributed by atoms with Gasteiger partial charge in [0.1, 0.15) is 17.1 Å². The Balaban J connectivity index is 2.36. The summed E-state index contributed by atoms with van der Waals surface area (Å²) >= 11 is 0. The number of hydrogen-bond donors (Lipinski definition) is 2. The fourth-order valence-corrected chi connectivity index (χ4v) is 3.05. The van der Waals surface area contributed by atoms with Crippen LogP contribution in [-0.4, -0.2) is 20.7 Å². The fraction of sp³-hybridized carbons (Fsp3) is 0.167. The van der Waals surface area contributed by atoms with E-state index in [2.05, 4.69) is 0 Å². The number of carboxylic acid groups (broad SMARTS) is 1. The average molecular weight is 313 g/mol. The van der Waals surface area contributed by atoms with E-state index in [0.717, 1.165) is 27.7 Å². The van der Waals surface area contributed by atoms with Crippen molar-refractivity contribution in [2.75, 3.05) is 0 Å². The minimum absolute atomic E-state index is 0.122. The van der Waals surface area contributed by atoms with Gasteiger partial charge in [-0.25, -0.2) is 9.18 Å². The number of carbonyl (C=O) groups is 1. The molecule has 23 heavy (non-hydrogen) atoms. The third kappa shape index (κ3) is 2.34. The second kappa shape index (κ2) is 5.43. The number of benzene rings is 2. The van der Waals surface area contributed by atoms with E-state index in [1.165, 1.54) is 24.3 Å². The molecule has 3 rings (SSSR count). The maximum absolute atomic E-state index is 13.2. The number of aromatic hydroxyl groups is 1. The van der Waals surface area contributed by atoms with E-state index in [-0.39, 0.29) is 17.1 Å². The minimum atomic E-state index is -1.17. The summed E-state index contributed by atoms with van der Waals surface area (Å²) in [6.07, 6.45) is 0.688. The van der Waals surface area contributed by atoms with Gasteiger partial charge in [-0.3, -0.25) is 0 Å². The van der Waals surface area contributed by atoms with Gasteiger partial charge in [0, 0.05) is 18.5 Å². The zero-order valence-electron chi connectivity index (χ0n) is 12.8. The normalized spacial score (nSPS) is 11.1.